The zero-order valence-corrected chi connectivity index (χ0v) is 15.1. The van der Waals surface area contributed by atoms with Gasteiger partial charge >= 0.3 is 0 Å². The molecule has 0 unspecified atom stereocenters. The van der Waals surface area contributed by atoms with Gasteiger partial charge in [-0.25, -0.2) is 4.39 Å². The maximum atomic E-state index is 13.3. The van der Waals surface area contributed by atoms with Crippen molar-refractivity contribution in [3.8, 4) is 17.2 Å². The molecule has 0 aromatic heterocycles. The van der Waals surface area contributed by atoms with Crippen LogP contribution >= 0.6 is 0 Å². The third kappa shape index (κ3) is 3.74. The van der Waals surface area contributed by atoms with Crippen LogP contribution in [0.3, 0.4) is 0 Å². The van der Waals surface area contributed by atoms with Crippen molar-refractivity contribution in [2.24, 2.45) is 0 Å². The van der Waals surface area contributed by atoms with Crippen molar-refractivity contribution in [3.05, 3.63) is 95.0 Å². The van der Waals surface area contributed by atoms with Gasteiger partial charge in [0.05, 0.1) is 12.7 Å². The van der Waals surface area contributed by atoms with Crippen LogP contribution in [-0.4, -0.2) is 12.9 Å². The Labute approximate surface area is 161 Å². The predicted octanol–water partition coefficient (Wildman–Crippen LogP) is 5.03. The quantitative estimate of drug-likeness (QED) is 0.586. The highest BCUT2D eigenvalue weighted by Crippen LogP contribution is 2.35. The monoisotopic (exact) mass is 376 g/mol. The summed E-state index contributed by atoms with van der Waals surface area (Å²) in [5.74, 6) is 1.32. The number of Topliss-reactive ketones (excluding diaryl/α,β-unsaturated/α-hetero) is 1. The standard InChI is InChI=1S/C23H17FO4/c1-26-18-7-3-5-16(11-18)14-27-19-8-9-20-21(13-19)28-22(23(20)25)12-15-4-2-6-17(24)10-15/h2-13H,14H2,1H3. The summed E-state index contributed by atoms with van der Waals surface area (Å²) in [6, 6.07) is 18.7. The number of halogens is 1. The number of hydrogen-bond donors (Lipinski definition) is 0. The lowest BCUT2D eigenvalue weighted by Gasteiger charge is -2.08. The van der Waals surface area contributed by atoms with Gasteiger partial charge in [0.25, 0.3) is 0 Å². The minimum absolute atomic E-state index is 0.158. The second kappa shape index (κ2) is 7.56. The first-order chi connectivity index (χ1) is 13.6. The summed E-state index contributed by atoms with van der Waals surface area (Å²) in [4.78, 5) is 12.5. The van der Waals surface area contributed by atoms with Gasteiger partial charge in [-0.2, -0.15) is 0 Å². The number of allylic oxidation sites excluding steroid dienone is 1. The number of carbonyl (C=O) groups excluding carboxylic acids is 1. The largest absolute Gasteiger partial charge is 0.497 e. The van der Waals surface area contributed by atoms with E-state index >= 15 is 0 Å². The Morgan fingerprint density at radius 3 is 2.68 bits per heavy atom. The molecule has 1 aliphatic rings. The molecule has 4 rings (SSSR count). The van der Waals surface area contributed by atoms with Crippen molar-refractivity contribution < 1.29 is 23.4 Å². The lowest BCUT2D eigenvalue weighted by molar-refractivity contribution is 0.101. The topological polar surface area (TPSA) is 44.8 Å². The van der Waals surface area contributed by atoms with Gasteiger partial charge < -0.3 is 14.2 Å². The van der Waals surface area contributed by atoms with E-state index < -0.39 is 0 Å². The van der Waals surface area contributed by atoms with Crippen molar-refractivity contribution >= 4 is 11.9 Å². The molecule has 3 aromatic carbocycles. The minimum Gasteiger partial charge on any atom is -0.497 e. The van der Waals surface area contributed by atoms with Gasteiger partial charge in [0.2, 0.25) is 5.78 Å². The first kappa shape index (κ1) is 17.8. The molecule has 1 heterocycles. The molecule has 0 amide bonds. The fraction of sp³-hybridized carbons (Fsp3) is 0.0870. The van der Waals surface area contributed by atoms with Crippen molar-refractivity contribution in [1.82, 2.24) is 0 Å². The predicted molar refractivity (Wildman–Crippen MR) is 103 cm³/mol. The van der Waals surface area contributed by atoms with Crippen LogP contribution in [-0.2, 0) is 6.61 Å². The van der Waals surface area contributed by atoms with Crippen LogP contribution in [0.4, 0.5) is 4.39 Å². The highest BCUT2D eigenvalue weighted by atomic mass is 19.1. The number of rotatable bonds is 5. The summed E-state index contributed by atoms with van der Waals surface area (Å²) in [5.41, 5.74) is 1.98. The van der Waals surface area contributed by atoms with Crippen LogP contribution in [0.5, 0.6) is 17.2 Å². The van der Waals surface area contributed by atoms with Crippen molar-refractivity contribution in [1.29, 1.82) is 0 Å². The van der Waals surface area contributed by atoms with E-state index in [1.165, 1.54) is 18.2 Å². The molecule has 0 bridgehead atoms. The first-order valence-corrected chi connectivity index (χ1v) is 8.72. The van der Waals surface area contributed by atoms with E-state index in [2.05, 4.69) is 0 Å². The minimum atomic E-state index is -0.370. The van der Waals surface area contributed by atoms with Gasteiger partial charge in [0.1, 0.15) is 29.7 Å². The van der Waals surface area contributed by atoms with Crippen LogP contribution < -0.4 is 14.2 Å². The van der Waals surface area contributed by atoms with Gasteiger partial charge in [-0.1, -0.05) is 24.3 Å². The Bertz CT molecular complexity index is 1070. The number of ketones is 1. The Morgan fingerprint density at radius 1 is 1.00 bits per heavy atom. The number of hydrogen-bond acceptors (Lipinski definition) is 4. The third-order valence-electron chi connectivity index (χ3n) is 4.33. The maximum absolute atomic E-state index is 13.3. The first-order valence-electron chi connectivity index (χ1n) is 8.72. The highest BCUT2D eigenvalue weighted by molar-refractivity contribution is 6.14. The Balaban J connectivity index is 1.50. The Kier molecular flexibility index (Phi) is 4.81. The summed E-state index contributed by atoms with van der Waals surface area (Å²) < 4.78 is 30.0. The van der Waals surface area contributed by atoms with E-state index in [4.69, 9.17) is 14.2 Å². The third-order valence-corrected chi connectivity index (χ3v) is 4.33. The van der Waals surface area contributed by atoms with Gasteiger partial charge in [-0.05, 0) is 53.6 Å². The molecule has 1 aliphatic heterocycles. The molecule has 3 aromatic rings. The average molecular weight is 376 g/mol. The van der Waals surface area contributed by atoms with E-state index in [0.29, 0.717) is 29.2 Å². The maximum Gasteiger partial charge on any atom is 0.231 e. The molecule has 0 spiro atoms. The summed E-state index contributed by atoms with van der Waals surface area (Å²) in [6.07, 6.45) is 1.53. The zero-order valence-electron chi connectivity index (χ0n) is 15.1. The molecule has 0 saturated carbocycles. The number of fused-ring (bicyclic) bond motifs is 1. The molecule has 140 valence electrons. The molecule has 4 nitrogen and oxygen atoms in total. The van der Waals surface area contributed by atoms with Gasteiger partial charge in [-0.3, -0.25) is 4.79 Å². The average Bonchev–Trinajstić information content (AvgIpc) is 3.01. The van der Waals surface area contributed by atoms with Crippen LogP contribution in [0.2, 0.25) is 0 Å². The number of benzene rings is 3. The van der Waals surface area contributed by atoms with Crippen molar-refractivity contribution in [2.45, 2.75) is 6.61 Å². The molecule has 0 atom stereocenters. The molecule has 28 heavy (non-hydrogen) atoms. The van der Waals surface area contributed by atoms with Gasteiger partial charge in [0, 0.05) is 6.07 Å². The zero-order chi connectivity index (χ0) is 19.5. The van der Waals surface area contributed by atoms with E-state index in [1.54, 1.807) is 37.4 Å². The van der Waals surface area contributed by atoms with E-state index in [9.17, 15) is 9.18 Å². The normalized spacial score (nSPS) is 13.9. The molecule has 5 heteroatoms. The van der Waals surface area contributed by atoms with Crippen molar-refractivity contribution in [3.63, 3.8) is 0 Å². The molecular formula is C23H17FO4. The Hall–Kier alpha value is -3.60. The van der Waals surface area contributed by atoms with Crippen molar-refractivity contribution in [2.75, 3.05) is 7.11 Å². The fourth-order valence-electron chi connectivity index (χ4n) is 2.93. The summed E-state index contributed by atoms with van der Waals surface area (Å²) in [5, 5.41) is 0. The van der Waals surface area contributed by atoms with Gasteiger partial charge in [-0.15, -0.1) is 0 Å². The molecule has 0 N–H and O–H groups in total. The summed E-state index contributed by atoms with van der Waals surface area (Å²) in [7, 11) is 1.61. The van der Waals surface area contributed by atoms with Crippen LogP contribution in [0.15, 0.2) is 72.5 Å². The SMILES string of the molecule is COc1cccc(COc2ccc3c(c2)OC(=Cc2cccc(F)c2)C3=O)c1. The molecule has 0 aliphatic carbocycles. The fourth-order valence-corrected chi connectivity index (χ4v) is 2.93. The van der Waals surface area contributed by atoms with Gasteiger partial charge in [0.15, 0.2) is 5.76 Å². The summed E-state index contributed by atoms with van der Waals surface area (Å²) >= 11 is 0. The molecule has 0 radical (unpaired) electrons. The smallest absolute Gasteiger partial charge is 0.231 e. The van der Waals surface area contributed by atoms with E-state index in [1.807, 2.05) is 24.3 Å². The lowest BCUT2D eigenvalue weighted by atomic mass is 10.1. The number of carbonyl (C=O) groups is 1. The van der Waals surface area contributed by atoms with Crippen LogP contribution in [0.1, 0.15) is 21.5 Å². The van der Waals surface area contributed by atoms with E-state index in [0.717, 1.165) is 11.3 Å². The second-order valence-electron chi connectivity index (χ2n) is 6.29. The second-order valence-corrected chi connectivity index (χ2v) is 6.29. The Morgan fingerprint density at radius 2 is 1.86 bits per heavy atom. The lowest BCUT2D eigenvalue weighted by Crippen LogP contribution is -1.98. The molecular weight excluding hydrogens is 359 g/mol. The highest BCUT2D eigenvalue weighted by Gasteiger charge is 2.27. The molecule has 0 fully saturated rings. The number of ether oxygens (including phenoxy) is 3. The van der Waals surface area contributed by atoms with Crippen LogP contribution in [0.25, 0.3) is 6.08 Å². The number of methoxy groups -OCH3 is 1. The molecule has 0 saturated heterocycles. The summed E-state index contributed by atoms with van der Waals surface area (Å²) in [6.45, 7) is 0.357. The van der Waals surface area contributed by atoms with E-state index in [-0.39, 0.29) is 17.4 Å². The van der Waals surface area contributed by atoms with Crippen LogP contribution in [0, 0.1) is 5.82 Å².